The maximum Gasteiger partial charge on any atom is 0.414 e. The molecule has 33 heavy (non-hydrogen) atoms. The van der Waals surface area contributed by atoms with Crippen molar-refractivity contribution < 1.29 is 28.2 Å². The Morgan fingerprint density at radius 2 is 2.03 bits per heavy atom. The molecule has 10 heteroatoms. The van der Waals surface area contributed by atoms with Crippen molar-refractivity contribution in [1.82, 2.24) is 15.2 Å². The summed E-state index contributed by atoms with van der Waals surface area (Å²) in [6.45, 7) is 6.37. The smallest absolute Gasteiger partial charge is 0.414 e. The molecule has 3 aromatic heterocycles. The molecule has 1 aliphatic rings. The molecule has 4 rings (SSSR count). The van der Waals surface area contributed by atoms with Crippen molar-refractivity contribution >= 4 is 28.7 Å². The quantitative estimate of drug-likeness (QED) is 0.522. The van der Waals surface area contributed by atoms with Gasteiger partial charge < -0.3 is 18.6 Å². The van der Waals surface area contributed by atoms with Gasteiger partial charge in [-0.3, -0.25) is 15.0 Å². The summed E-state index contributed by atoms with van der Waals surface area (Å²) in [5.74, 6) is -0.701. The minimum Gasteiger partial charge on any atom is -0.460 e. The number of hydrogen-bond donors (Lipinski definition) is 1. The summed E-state index contributed by atoms with van der Waals surface area (Å²) in [6.07, 6.45) is 6.39. The van der Waals surface area contributed by atoms with E-state index < -0.39 is 12.1 Å². The Bertz CT molecular complexity index is 1110. The maximum atomic E-state index is 13.3. The van der Waals surface area contributed by atoms with Crippen LogP contribution in [0.2, 0.25) is 0 Å². The van der Waals surface area contributed by atoms with Crippen LogP contribution in [0.15, 0.2) is 29.1 Å². The molecule has 2 atom stereocenters. The number of hydrogen-bond acceptors (Lipinski definition) is 8. The second-order valence-corrected chi connectivity index (χ2v) is 7.70. The highest BCUT2D eigenvalue weighted by Crippen LogP contribution is 2.39. The van der Waals surface area contributed by atoms with Crippen LogP contribution in [0.25, 0.3) is 22.2 Å². The van der Waals surface area contributed by atoms with Crippen molar-refractivity contribution in [1.29, 1.82) is 0 Å². The molecule has 1 fully saturated rings. The third kappa shape index (κ3) is 4.56. The lowest BCUT2D eigenvalue weighted by Gasteiger charge is -2.36. The minimum atomic E-state index is -0.651. The number of rotatable bonds is 7. The molecule has 4 heterocycles. The number of esters is 1. The van der Waals surface area contributed by atoms with Gasteiger partial charge in [0.05, 0.1) is 37.4 Å². The number of nitrogens with zero attached hydrogens (tertiary/aromatic N) is 3. The van der Waals surface area contributed by atoms with E-state index >= 15 is 0 Å². The first kappa shape index (κ1) is 22.8. The number of H-pyrrole nitrogens is 1. The molecule has 0 bridgehead atoms. The van der Waals surface area contributed by atoms with Gasteiger partial charge in [-0.2, -0.15) is 5.10 Å². The van der Waals surface area contributed by atoms with Crippen molar-refractivity contribution in [3.8, 4) is 11.3 Å². The van der Waals surface area contributed by atoms with Gasteiger partial charge in [-0.25, -0.2) is 9.59 Å². The van der Waals surface area contributed by atoms with Gasteiger partial charge in [0.25, 0.3) is 0 Å². The van der Waals surface area contributed by atoms with Gasteiger partial charge in [0, 0.05) is 29.8 Å². The zero-order valence-corrected chi connectivity index (χ0v) is 19.0. The highest BCUT2D eigenvalue weighted by Gasteiger charge is 2.37. The summed E-state index contributed by atoms with van der Waals surface area (Å²) >= 11 is 0. The van der Waals surface area contributed by atoms with Crippen LogP contribution in [0.3, 0.4) is 0 Å². The Kier molecular flexibility index (Phi) is 6.93. The van der Waals surface area contributed by atoms with Crippen LogP contribution in [0, 0.1) is 0 Å². The zero-order chi connectivity index (χ0) is 23.4. The first-order chi connectivity index (χ1) is 16.1. The number of aromatic amines is 1. The second kappa shape index (κ2) is 10.0. The lowest BCUT2D eigenvalue weighted by molar-refractivity contribution is 0.00465. The van der Waals surface area contributed by atoms with Crippen LogP contribution in [-0.4, -0.2) is 59.2 Å². The van der Waals surface area contributed by atoms with Crippen molar-refractivity contribution in [3.63, 3.8) is 0 Å². The highest BCUT2D eigenvalue weighted by molar-refractivity contribution is 6.10. The zero-order valence-electron chi connectivity index (χ0n) is 19.0. The molecule has 0 aliphatic carbocycles. The fourth-order valence-corrected chi connectivity index (χ4v) is 4.11. The van der Waals surface area contributed by atoms with Gasteiger partial charge in [-0.05, 0) is 39.2 Å². The summed E-state index contributed by atoms with van der Waals surface area (Å²) in [6, 6.07) is 1.55. The van der Waals surface area contributed by atoms with E-state index in [1.807, 2.05) is 6.92 Å². The van der Waals surface area contributed by atoms with Gasteiger partial charge in [0.1, 0.15) is 5.69 Å². The Hall–Kier alpha value is -3.40. The van der Waals surface area contributed by atoms with Crippen LogP contribution in [-0.2, 0) is 14.2 Å². The molecule has 1 amide bonds. The number of fused-ring (bicyclic) bond motifs is 1. The first-order valence-corrected chi connectivity index (χ1v) is 11.2. The summed E-state index contributed by atoms with van der Waals surface area (Å²) in [5, 5.41) is 7.31. The number of carbonyl (C=O) groups excluding carboxylic acids is 2. The molecule has 1 saturated heterocycles. The SMILES string of the molecule is CCOC(=O)c1oc2cnc(-c3cn[nH]c3)cc2c1N(C(=O)OCC)[C@H]1CCO[C@@H](CC)C1. The number of amides is 1. The molecular weight excluding hydrogens is 428 g/mol. The van der Waals surface area contributed by atoms with E-state index in [0.717, 1.165) is 12.0 Å². The number of ether oxygens (including phenoxy) is 3. The first-order valence-electron chi connectivity index (χ1n) is 11.2. The molecule has 0 radical (unpaired) electrons. The van der Waals surface area contributed by atoms with E-state index in [2.05, 4.69) is 15.2 Å². The number of nitrogens with one attached hydrogen (secondary N) is 1. The number of anilines is 1. The monoisotopic (exact) mass is 456 g/mol. The number of carbonyl (C=O) groups is 2. The van der Waals surface area contributed by atoms with E-state index in [4.69, 9.17) is 18.6 Å². The second-order valence-electron chi connectivity index (χ2n) is 7.70. The Morgan fingerprint density at radius 1 is 1.21 bits per heavy atom. The van der Waals surface area contributed by atoms with Crippen LogP contribution < -0.4 is 4.90 Å². The molecule has 0 saturated carbocycles. The molecule has 0 aromatic carbocycles. The van der Waals surface area contributed by atoms with Gasteiger partial charge in [0.15, 0.2) is 5.58 Å². The van der Waals surface area contributed by atoms with Gasteiger partial charge in [-0.1, -0.05) is 6.92 Å². The minimum absolute atomic E-state index is 0.00745. The predicted octanol–water partition coefficient (Wildman–Crippen LogP) is 4.32. The Morgan fingerprint density at radius 3 is 2.73 bits per heavy atom. The fraction of sp³-hybridized carbons (Fsp3) is 0.478. The van der Waals surface area contributed by atoms with Crippen molar-refractivity contribution in [2.45, 2.75) is 52.2 Å². The average Bonchev–Trinajstić information content (AvgIpc) is 3.48. The summed E-state index contributed by atoms with van der Waals surface area (Å²) in [4.78, 5) is 32.1. The van der Waals surface area contributed by atoms with E-state index in [1.54, 1.807) is 32.3 Å². The largest absolute Gasteiger partial charge is 0.460 e. The molecule has 10 nitrogen and oxygen atoms in total. The summed E-state index contributed by atoms with van der Waals surface area (Å²) < 4.78 is 22.4. The standard InChI is InChI=1S/C23H28N4O6/c1-4-16-9-15(7-8-32-16)27(23(29)31-6-3)20-17-10-18(14-11-25-26-12-14)24-13-19(17)33-21(20)22(28)30-5-2/h10-13,15-16H,4-9H2,1-3H3,(H,25,26)/t15-,16-/m0/s1. The van der Waals surface area contributed by atoms with Crippen molar-refractivity contribution in [3.05, 3.63) is 30.4 Å². The molecular formula is C23H28N4O6. The summed E-state index contributed by atoms with van der Waals surface area (Å²) in [5.41, 5.74) is 2.09. The molecule has 0 spiro atoms. The van der Waals surface area contributed by atoms with Gasteiger partial charge >= 0.3 is 12.1 Å². The third-order valence-electron chi connectivity index (χ3n) is 5.67. The fourth-order valence-electron chi connectivity index (χ4n) is 4.11. The normalized spacial score (nSPS) is 18.3. The van der Waals surface area contributed by atoms with Gasteiger partial charge in [0.2, 0.25) is 5.76 Å². The molecule has 3 aromatic rings. The van der Waals surface area contributed by atoms with E-state index in [1.165, 1.54) is 11.1 Å². The third-order valence-corrected chi connectivity index (χ3v) is 5.67. The lowest BCUT2D eigenvalue weighted by Crippen LogP contribution is -2.46. The molecule has 1 N–H and O–H groups in total. The van der Waals surface area contributed by atoms with Crippen LogP contribution in [0.5, 0.6) is 0 Å². The number of pyridine rings is 1. The maximum absolute atomic E-state index is 13.3. The van der Waals surface area contributed by atoms with Crippen LogP contribution >= 0.6 is 0 Å². The van der Waals surface area contributed by atoms with E-state index in [0.29, 0.717) is 41.8 Å². The van der Waals surface area contributed by atoms with Crippen LogP contribution in [0.4, 0.5) is 10.5 Å². The molecule has 1 aliphatic heterocycles. The highest BCUT2D eigenvalue weighted by atomic mass is 16.6. The Balaban J connectivity index is 1.90. The molecule has 176 valence electrons. The molecule has 0 unspecified atom stereocenters. The predicted molar refractivity (Wildman–Crippen MR) is 120 cm³/mol. The summed E-state index contributed by atoms with van der Waals surface area (Å²) in [7, 11) is 0. The lowest BCUT2D eigenvalue weighted by atomic mass is 9.99. The van der Waals surface area contributed by atoms with E-state index in [-0.39, 0.29) is 31.1 Å². The Labute approximate surface area is 191 Å². The van der Waals surface area contributed by atoms with Crippen molar-refractivity contribution in [2.24, 2.45) is 0 Å². The average molecular weight is 456 g/mol. The van der Waals surface area contributed by atoms with E-state index in [9.17, 15) is 9.59 Å². The van der Waals surface area contributed by atoms with Crippen molar-refractivity contribution in [2.75, 3.05) is 24.7 Å². The topological polar surface area (TPSA) is 120 Å². The van der Waals surface area contributed by atoms with Gasteiger partial charge in [-0.15, -0.1) is 0 Å². The van der Waals surface area contributed by atoms with Crippen LogP contribution in [0.1, 0.15) is 50.6 Å². The number of furan rings is 1. The number of aromatic nitrogens is 3.